The molecule has 0 aromatic rings. The summed E-state index contributed by atoms with van der Waals surface area (Å²) in [5.41, 5.74) is 0. The van der Waals surface area contributed by atoms with Gasteiger partial charge in [-0.3, -0.25) is 4.79 Å². The molecule has 1 N–H and O–H groups in total. The normalized spacial score (nSPS) is 15.6. The number of hydrogen-bond donors (Lipinski definition) is 1. The molecule has 0 aliphatic carbocycles. The SMILES string of the molecule is C[N+](C)(C)CCCN(CCC(=O)O)S(=O)(=O)C(F)(F)C(F)(F)C(F)(F)C(F)(F)C(F)(F)C(F)(F)F. The van der Waals surface area contributed by atoms with Crippen LogP contribution in [0.2, 0.25) is 0 Å². The minimum absolute atomic E-state index is 0.0177. The van der Waals surface area contributed by atoms with E-state index in [1.165, 1.54) is 21.1 Å². The van der Waals surface area contributed by atoms with E-state index in [2.05, 4.69) is 0 Å². The van der Waals surface area contributed by atoms with Crippen molar-refractivity contribution in [3.8, 4) is 0 Å². The first-order valence-corrected chi connectivity index (χ1v) is 10.4. The van der Waals surface area contributed by atoms with Crippen LogP contribution in [0.25, 0.3) is 0 Å². The smallest absolute Gasteiger partial charge is 0.460 e. The average molecular weight is 571 g/mol. The standard InChI is InChI=1S/C15H19F13N2O4S/c1-30(2,3)8-4-6-29(7-5-9(31)32)35(33,34)15(27,28)13(22,23)11(18,19)10(16,17)12(20,21)14(24,25)26/h4-8H2,1-3H3/p+1. The van der Waals surface area contributed by atoms with Crippen LogP contribution < -0.4 is 0 Å². The van der Waals surface area contributed by atoms with E-state index in [4.69, 9.17) is 5.11 Å². The molecule has 0 spiro atoms. The molecule has 20 heteroatoms. The predicted octanol–water partition coefficient (Wildman–Crippen LogP) is 3.89. The van der Waals surface area contributed by atoms with Gasteiger partial charge < -0.3 is 9.59 Å². The number of sulfonamides is 1. The lowest BCUT2D eigenvalue weighted by Gasteiger charge is -2.40. The number of carboxylic acids is 1. The van der Waals surface area contributed by atoms with E-state index in [0.29, 0.717) is 0 Å². The van der Waals surface area contributed by atoms with Crippen LogP contribution in [0, 0.1) is 0 Å². The molecule has 0 saturated heterocycles. The number of aliphatic carboxylic acids is 1. The van der Waals surface area contributed by atoms with Crippen LogP contribution in [0.1, 0.15) is 12.8 Å². The second kappa shape index (κ2) is 9.71. The Morgan fingerprint density at radius 3 is 1.49 bits per heavy atom. The Morgan fingerprint density at radius 1 is 0.743 bits per heavy atom. The molecule has 0 fully saturated rings. The lowest BCUT2D eigenvalue weighted by Crippen LogP contribution is -2.72. The molecule has 0 heterocycles. The van der Waals surface area contributed by atoms with Gasteiger partial charge in [0.2, 0.25) is 0 Å². The number of carbonyl (C=O) groups is 1. The first-order chi connectivity index (χ1) is 15.0. The molecule has 210 valence electrons. The van der Waals surface area contributed by atoms with Gasteiger partial charge in [0.05, 0.1) is 34.1 Å². The average Bonchev–Trinajstić information content (AvgIpc) is 2.61. The summed E-state index contributed by atoms with van der Waals surface area (Å²) in [7, 11) is -2.87. The van der Waals surface area contributed by atoms with Gasteiger partial charge in [0.1, 0.15) is 0 Å². The summed E-state index contributed by atoms with van der Waals surface area (Å²) < 4.78 is 196. The quantitative estimate of drug-likeness (QED) is 0.269. The Morgan fingerprint density at radius 2 is 1.14 bits per heavy atom. The first-order valence-electron chi connectivity index (χ1n) is 9.00. The van der Waals surface area contributed by atoms with Crippen molar-refractivity contribution in [2.75, 3.05) is 40.8 Å². The summed E-state index contributed by atoms with van der Waals surface area (Å²) in [4.78, 5) is 10.6. The zero-order valence-electron chi connectivity index (χ0n) is 17.9. The third kappa shape index (κ3) is 6.05. The fraction of sp³-hybridized carbons (Fsp3) is 0.933. The molecule has 0 aromatic heterocycles. The molecule has 0 unspecified atom stereocenters. The van der Waals surface area contributed by atoms with E-state index in [9.17, 15) is 70.3 Å². The van der Waals surface area contributed by atoms with Crippen LogP contribution in [0.5, 0.6) is 0 Å². The molecular formula is C15H20F13N2O4S+. The largest absolute Gasteiger partial charge is 0.481 e. The van der Waals surface area contributed by atoms with Gasteiger partial charge in [-0.2, -0.15) is 61.4 Å². The van der Waals surface area contributed by atoms with Crippen LogP contribution in [-0.4, -0.2) is 104 Å². The summed E-state index contributed by atoms with van der Waals surface area (Å²) in [6, 6.07) is 0. The zero-order chi connectivity index (χ0) is 28.7. The van der Waals surface area contributed by atoms with Crippen LogP contribution in [0.15, 0.2) is 0 Å². The highest BCUT2D eigenvalue weighted by molar-refractivity contribution is 7.90. The molecule has 0 radical (unpaired) electrons. The van der Waals surface area contributed by atoms with Crippen molar-refractivity contribution in [1.29, 1.82) is 0 Å². The highest BCUT2D eigenvalue weighted by Gasteiger charge is 2.92. The third-order valence-corrected chi connectivity index (χ3v) is 6.33. The molecule has 0 amide bonds. The summed E-state index contributed by atoms with van der Waals surface area (Å²) in [6.07, 6.45) is -9.53. The van der Waals surface area contributed by atoms with Gasteiger partial charge in [-0.05, 0) is 0 Å². The van der Waals surface area contributed by atoms with Crippen molar-refractivity contribution in [2.45, 2.75) is 48.0 Å². The van der Waals surface area contributed by atoms with Crippen LogP contribution >= 0.6 is 0 Å². The van der Waals surface area contributed by atoms with Gasteiger partial charge in [-0.15, -0.1) is 0 Å². The number of alkyl halides is 13. The van der Waals surface area contributed by atoms with E-state index in [0.717, 1.165) is 0 Å². The Bertz CT molecular complexity index is 867. The van der Waals surface area contributed by atoms with Crippen molar-refractivity contribution < 1.29 is 79.9 Å². The summed E-state index contributed by atoms with van der Waals surface area (Å²) in [5.74, 6) is -34.5. The molecule has 0 rings (SSSR count). The number of rotatable bonds is 13. The maximum absolute atomic E-state index is 14.3. The van der Waals surface area contributed by atoms with Gasteiger partial charge in [-0.1, -0.05) is 0 Å². The van der Waals surface area contributed by atoms with E-state index in [1.54, 1.807) is 0 Å². The molecular weight excluding hydrogens is 551 g/mol. The van der Waals surface area contributed by atoms with Gasteiger partial charge in [0, 0.05) is 19.5 Å². The van der Waals surface area contributed by atoms with Crippen molar-refractivity contribution in [3.05, 3.63) is 0 Å². The highest BCUT2D eigenvalue weighted by atomic mass is 32.2. The lowest BCUT2D eigenvalue weighted by molar-refractivity contribution is -0.870. The van der Waals surface area contributed by atoms with Crippen molar-refractivity contribution in [3.63, 3.8) is 0 Å². The van der Waals surface area contributed by atoms with E-state index in [-0.39, 0.29) is 11.0 Å². The van der Waals surface area contributed by atoms with Gasteiger partial charge >= 0.3 is 41.1 Å². The van der Waals surface area contributed by atoms with Gasteiger partial charge in [0.15, 0.2) is 0 Å². The van der Waals surface area contributed by atoms with Gasteiger partial charge in [0.25, 0.3) is 10.0 Å². The summed E-state index contributed by atoms with van der Waals surface area (Å²) >= 11 is 0. The fourth-order valence-corrected chi connectivity index (χ4v) is 3.85. The number of carboxylic acid groups (broad SMARTS) is 1. The minimum atomic E-state index is -8.28. The molecule has 0 saturated carbocycles. The third-order valence-electron chi connectivity index (χ3n) is 4.38. The maximum Gasteiger partial charge on any atom is 0.460 e. The molecule has 0 aliphatic rings. The van der Waals surface area contributed by atoms with Crippen LogP contribution in [0.3, 0.4) is 0 Å². The van der Waals surface area contributed by atoms with Crippen LogP contribution in [-0.2, 0) is 14.8 Å². The van der Waals surface area contributed by atoms with Gasteiger partial charge in [-0.25, -0.2) is 8.42 Å². The number of hydrogen-bond acceptors (Lipinski definition) is 3. The lowest BCUT2D eigenvalue weighted by atomic mass is 9.98. The number of nitrogens with zero attached hydrogens (tertiary/aromatic N) is 2. The summed E-state index contributed by atoms with van der Waals surface area (Å²) in [5, 5.41) is 1.18. The molecule has 0 aliphatic heterocycles. The zero-order valence-corrected chi connectivity index (χ0v) is 18.7. The molecule has 35 heavy (non-hydrogen) atoms. The van der Waals surface area contributed by atoms with E-state index in [1.807, 2.05) is 0 Å². The number of quaternary nitrogens is 1. The van der Waals surface area contributed by atoms with Crippen LogP contribution in [0.4, 0.5) is 57.1 Å². The van der Waals surface area contributed by atoms with E-state index < -0.39 is 81.3 Å². The van der Waals surface area contributed by atoms with E-state index >= 15 is 0 Å². The Balaban J connectivity index is 6.61. The Hall–Kier alpha value is -1.57. The number of halogens is 13. The molecule has 0 atom stereocenters. The monoisotopic (exact) mass is 571 g/mol. The fourth-order valence-electron chi connectivity index (χ4n) is 2.37. The summed E-state index contributed by atoms with van der Waals surface area (Å²) in [6.45, 7) is -2.95. The molecule has 0 bridgehead atoms. The second-order valence-corrected chi connectivity index (χ2v) is 10.2. The predicted molar refractivity (Wildman–Crippen MR) is 91.1 cm³/mol. The highest BCUT2D eigenvalue weighted by Crippen LogP contribution is 2.61. The Labute approximate surface area is 189 Å². The first kappa shape index (κ1) is 33.4. The maximum atomic E-state index is 14.3. The Kier molecular flexibility index (Phi) is 9.28. The minimum Gasteiger partial charge on any atom is -0.481 e. The van der Waals surface area contributed by atoms with Crippen molar-refractivity contribution in [1.82, 2.24) is 4.31 Å². The topological polar surface area (TPSA) is 74.7 Å². The van der Waals surface area contributed by atoms with Crippen molar-refractivity contribution >= 4 is 16.0 Å². The second-order valence-electron chi connectivity index (χ2n) is 8.23. The molecule has 6 nitrogen and oxygen atoms in total. The molecule has 0 aromatic carbocycles. The van der Waals surface area contributed by atoms with Crippen molar-refractivity contribution in [2.24, 2.45) is 0 Å².